The smallest absolute Gasteiger partial charge is 0.0768 e. The average Bonchev–Trinajstić information content (AvgIpc) is 2.66. The van der Waals surface area contributed by atoms with Gasteiger partial charge in [0.1, 0.15) is 0 Å². The number of hydrogen-bond acceptors (Lipinski definition) is 3. The Morgan fingerprint density at radius 1 is 1.53 bits per heavy atom. The Labute approximate surface area is 93.9 Å². The van der Waals surface area contributed by atoms with E-state index in [0.29, 0.717) is 12.0 Å². The first-order valence-corrected chi connectivity index (χ1v) is 6.14. The number of likely N-dealkylation sites (N-methyl/N-ethyl adjacent to an activating group) is 1. The van der Waals surface area contributed by atoms with E-state index < -0.39 is 5.60 Å². The summed E-state index contributed by atoms with van der Waals surface area (Å²) in [4.78, 5) is 2.40. The fourth-order valence-electron chi connectivity index (χ4n) is 2.04. The van der Waals surface area contributed by atoms with Crippen LogP contribution in [-0.4, -0.2) is 47.8 Å². The van der Waals surface area contributed by atoms with E-state index >= 15 is 0 Å². The number of nitrogens with one attached hydrogen (secondary N) is 1. The van der Waals surface area contributed by atoms with Crippen LogP contribution in [0.25, 0.3) is 0 Å². The fourth-order valence-corrected chi connectivity index (χ4v) is 2.04. The van der Waals surface area contributed by atoms with E-state index in [1.807, 2.05) is 6.92 Å². The Morgan fingerprint density at radius 2 is 2.20 bits per heavy atom. The number of nitrogens with zero attached hydrogens (tertiary/aromatic N) is 1. The number of rotatable bonds is 5. The van der Waals surface area contributed by atoms with Gasteiger partial charge in [-0.1, -0.05) is 20.8 Å². The Morgan fingerprint density at radius 3 is 2.60 bits per heavy atom. The lowest BCUT2D eigenvalue weighted by Gasteiger charge is -2.36. The van der Waals surface area contributed by atoms with Crippen molar-refractivity contribution in [1.29, 1.82) is 0 Å². The topological polar surface area (TPSA) is 35.5 Å². The van der Waals surface area contributed by atoms with Gasteiger partial charge in [0.25, 0.3) is 0 Å². The normalized spacial score (nSPS) is 26.2. The highest BCUT2D eigenvalue weighted by Gasteiger charge is 2.31. The first kappa shape index (κ1) is 12.9. The molecule has 1 aliphatic heterocycles. The Hall–Kier alpha value is -0.120. The maximum Gasteiger partial charge on any atom is 0.0768 e. The lowest BCUT2D eigenvalue weighted by molar-refractivity contribution is -0.0260. The second-order valence-corrected chi connectivity index (χ2v) is 5.22. The molecule has 0 saturated carbocycles. The van der Waals surface area contributed by atoms with Gasteiger partial charge in [0.15, 0.2) is 0 Å². The quantitative estimate of drug-likeness (QED) is 0.719. The zero-order valence-corrected chi connectivity index (χ0v) is 10.6. The third-order valence-corrected chi connectivity index (χ3v) is 3.72. The maximum atomic E-state index is 10.3. The van der Waals surface area contributed by atoms with Crippen LogP contribution in [0.5, 0.6) is 0 Å². The van der Waals surface area contributed by atoms with Crippen molar-refractivity contribution in [1.82, 2.24) is 10.2 Å². The number of aliphatic hydroxyl groups is 1. The monoisotopic (exact) mass is 214 g/mol. The third kappa shape index (κ3) is 3.44. The standard InChI is InChI=1S/C12H26N2O/c1-5-14(11-6-7-13-8-11)9-12(4,15)10(2)3/h10-11,13,15H,5-9H2,1-4H3. The largest absolute Gasteiger partial charge is 0.389 e. The molecule has 0 radical (unpaired) electrons. The van der Waals surface area contributed by atoms with E-state index in [1.165, 1.54) is 6.42 Å². The van der Waals surface area contributed by atoms with Crippen LogP contribution in [0.15, 0.2) is 0 Å². The minimum atomic E-state index is -0.571. The molecule has 2 atom stereocenters. The van der Waals surface area contributed by atoms with Crippen molar-refractivity contribution in [2.75, 3.05) is 26.2 Å². The lowest BCUT2D eigenvalue weighted by atomic mass is 9.91. The van der Waals surface area contributed by atoms with Crippen LogP contribution in [0.2, 0.25) is 0 Å². The summed E-state index contributed by atoms with van der Waals surface area (Å²) in [5.74, 6) is 0.306. The molecule has 1 saturated heterocycles. The van der Waals surface area contributed by atoms with E-state index in [2.05, 4.69) is 31.0 Å². The van der Waals surface area contributed by atoms with Gasteiger partial charge in [0, 0.05) is 19.1 Å². The van der Waals surface area contributed by atoms with Crippen molar-refractivity contribution >= 4 is 0 Å². The summed E-state index contributed by atoms with van der Waals surface area (Å²) in [5.41, 5.74) is -0.571. The third-order valence-electron chi connectivity index (χ3n) is 3.72. The molecule has 0 aliphatic carbocycles. The molecule has 2 unspecified atom stereocenters. The van der Waals surface area contributed by atoms with Gasteiger partial charge in [-0.3, -0.25) is 4.90 Å². The summed E-state index contributed by atoms with van der Waals surface area (Å²) in [6.07, 6.45) is 1.21. The molecule has 0 aromatic rings. The van der Waals surface area contributed by atoms with Gasteiger partial charge in [0.2, 0.25) is 0 Å². The molecule has 0 aromatic carbocycles. The molecule has 3 heteroatoms. The maximum absolute atomic E-state index is 10.3. The van der Waals surface area contributed by atoms with E-state index in [4.69, 9.17) is 0 Å². The Bertz CT molecular complexity index is 186. The molecule has 0 aromatic heterocycles. The molecule has 15 heavy (non-hydrogen) atoms. The molecule has 1 fully saturated rings. The second-order valence-electron chi connectivity index (χ2n) is 5.22. The van der Waals surface area contributed by atoms with Gasteiger partial charge in [0.05, 0.1) is 5.60 Å². The van der Waals surface area contributed by atoms with Crippen LogP contribution < -0.4 is 5.32 Å². The summed E-state index contributed by atoms with van der Waals surface area (Å²) in [5, 5.41) is 13.7. The predicted molar refractivity (Wildman–Crippen MR) is 64.0 cm³/mol. The second kappa shape index (κ2) is 5.28. The van der Waals surface area contributed by atoms with Crippen LogP contribution in [0.3, 0.4) is 0 Å². The average molecular weight is 214 g/mol. The molecule has 90 valence electrons. The van der Waals surface area contributed by atoms with Crippen LogP contribution in [0.4, 0.5) is 0 Å². The molecule has 0 bridgehead atoms. The van der Waals surface area contributed by atoms with Crippen molar-refractivity contribution in [2.24, 2.45) is 5.92 Å². The summed E-state index contributed by atoms with van der Waals surface area (Å²) in [6.45, 7) is 12.3. The van der Waals surface area contributed by atoms with E-state index in [-0.39, 0.29) is 0 Å². The van der Waals surface area contributed by atoms with Crippen LogP contribution in [0, 0.1) is 5.92 Å². The highest BCUT2D eigenvalue weighted by Crippen LogP contribution is 2.20. The molecular weight excluding hydrogens is 188 g/mol. The molecule has 2 N–H and O–H groups in total. The van der Waals surface area contributed by atoms with Crippen LogP contribution >= 0.6 is 0 Å². The van der Waals surface area contributed by atoms with Crippen molar-refractivity contribution < 1.29 is 5.11 Å². The zero-order valence-electron chi connectivity index (χ0n) is 10.6. The first-order valence-electron chi connectivity index (χ1n) is 6.14. The van der Waals surface area contributed by atoms with E-state index in [0.717, 1.165) is 26.2 Å². The van der Waals surface area contributed by atoms with Gasteiger partial charge >= 0.3 is 0 Å². The molecule has 1 heterocycles. The highest BCUT2D eigenvalue weighted by molar-refractivity contribution is 4.86. The minimum absolute atomic E-state index is 0.306. The zero-order chi connectivity index (χ0) is 11.5. The lowest BCUT2D eigenvalue weighted by Crippen LogP contribution is -2.49. The molecule has 1 rings (SSSR count). The van der Waals surface area contributed by atoms with Crippen molar-refractivity contribution in [3.8, 4) is 0 Å². The summed E-state index contributed by atoms with van der Waals surface area (Å²) < 4.78 is 0. The van der Waals surface area contributed by atoms with Crippen LogP contribution in [0.1, 0.15) is 34.1 Å². The molecule has 1 aliphatic rings. The summed E-state index contributed by atoms with van der Waals surface area (Å²) in [7, 11) is 0. The molecule has 0 spiro atoms. The SMILES string of the molecule is CCN(CC(C)(O)C(C)C)C1CCNC1. The van der Waals surface area contributed by atoms with Gasteiger partial charge in [-0.05, 0) is 32.4 Å². The van der Waals surface area contributed by atoms with Gasteiger partial charge < -0.3 is 10.4 Å². The van der Waals surface area contributed by atoms with Crippen molar-refractivity contribution in [3.63, 3.8) is 0 Å². The Balaban J connectivity index is 2.52. The van der Waals surface area contributed by atoms with Gasteiger partial charge in [-0.2, -0.15) is 0 Å². The first-order chi connectivity index (χ1) is 6.97. The minimum Gasteiger partial charge on any atom is -0.389 e. The molecule has 3 nitrogen and oxygen atoms in total. The number of hydrogen-bond donors (Lipinski definition) is 2. The van der Waals surface area contributed by atoms with Gasteiger partial charge in [-0.15, -0.1) is 0 Å². The summed E-state index contributed by atoms with van der Waals surface area (Å²) in [6, 6.07) is 0.611. The van der Waals surface area contributed by atoms with E-state index in [9.17, 15) is 5.11 Å². The van der Waals surface area contributed by atoms with Crippen LogP contribution in [-0.2, 0) is 0 Å². The summed E-state index contributed by atoms with van der Waals surface area (Å²) >= 11 is 0. The predicted octanol–water partition coefficient (Wildman–Crippen LogP) is 1.08. The fraction of sp³-hybridized carbons (Fsp3) is 1.00. The van der Waals surface area contributed by atoms with Crippen molar-refractivity contribution in [2.45, 2.75) is 45.8 Å². The molecular formula is C12H26N2O. The van der Waals surface area contributed by atoms with Crippen molar-refractivity contribution in [3.05, 3.63) is 0 Å². The molecule has 0 amide bonds. The highest BCUT2D eigenvalue weighted by atomic mass is 16.3. The van der Waals surface area contributed by atoms with Gasteiger partial charge in [-0.25, -0.2) is 0 Å². The van der Waals surface area contributed by atoms with E-state index in [1.54, 1.807) is 0 Å². The Kier molecular flexibility index (Phi) is 4.56.